The standard InChI is InChI=1S/C42H50O7/c1-28(38-26-45-38)47-35-18-10-30(11-19-35)41(4,5)29-8-16-34(17-9-29)44-25-33(43)24-40(2,3)49-37-22-14-32(15-23-37)42(6,7)31-12-20-36(21-13-31)48-39-27-46-39/h8-23,28,33,38-39,43H,24-27H2,1-7H3. The lowest BCUT2D eigenvalue weighted by atomic mass is 9.78. The monoisotopic (exact) mass is 666 g/mol. The minimum absolute atomic E-state index is 0.0541. The molecule has 0 aromatic heterocycles. The average molecular weight is 667 g/mol. The van der Waals surface area contributed by atoms with E-state index in [0.717, 1.165) is 29.6 Å². The highest BCUT2D eigenvalue weighted by Gasteiger charge is 2.32. The molecule has 4 aromatic carbocycles. The fourth-order valence-electron chi connectivity index (χ4n) is 6.20. The number of ether oxygens (including phenoxy) is 6. The van der Waals surface area contributed by atoms with E-state index in [-0.39, 0.29) is 35.9 Å². The minimum atomic E-state index is -0.697. The van der Waals surface area contributed by atoms with Crippen LogP contribution in [0, 0.1) is 0 Å². The summed E-state index contributed by atoms with van der Waals surface area (Å²) >= 11 is 0. The molecule has 0 bridgehead atoms. The largest absolute Gasteiger partial charge is 0.491 e. The van der Waals surface area contributed by atoms with E-state index >= 15 is 0 Å². The quantitative estimate of drug-likeness (QED) is 0.121. The summed E-state index contributed by atoms with van der Waals surface area (Å²) in [7, 11) is 0. The van der Waals surface area contributed by atoms with Gasteiger partial charge in [0, 0.05) is 17.3 Å². The van der Waals surface area contributed by atoms with Crippen molar-refractivity contribution in [3.05, 3.63) is 119 Å². The molecule has 0 radical (unpaired) electrons. The fraction of sp³-hybridized carbons (Fsp3) is 0.429. The van der Waals surface area contributed by atoms with Crippen LogP contribution >= 0.6 is 0 Å². The van der Waals surface area contributed by atoms with Crippen LogP contribution in [0.4, 0.5) is 0 Å². The van der Waals surface area contributed by atoms with Crippen molar-refractivity contribution in [1.82, 2.24) is 0 Å². The molecule has 0 amide bonds. The van der Waals surface area contributed by atoms with Crippen molar-refractivity contribution in [3.8, 4) is 23.0 Å². The van der Waals surface area contributed by atoms with Gasteiger partial charge in [0.2, 0.25) is 6.29 Å². The Labute approximate surface area is 291 Å². The van der Waals surface area contributed by atoms with Crippen molar-refractivity contribution < 1.29 is 33.5 Å². The normalized spacial score (nSPS) is 18.7. The van der Waals surface area contributed by atoms with Crippen molar-refractivity contribution in [2.75, 3.05) is 19.8 Å². The summed E-state index contributed by atoms with van der Waals surface area (Å²) < 4.78 is 34.5. The van der Waals surface area contributed by atoms with E-state index in [0.29, 0.717) is 13.0 Å². The van der Waals surface area contributed by atoms with Crippen LogP contribution in [0.5, 0.6) is 23.0 Å². The van der Waals surface area contributed by atoms with Crippen LogP contribution in [-0.4, -0.2) is 55.1 Å². The van der Waals surface area contributed by atoms with Gasteiger partial charge in [-0.1, -0.05) is 76.2 Å². The number of rotatable bonds is 16. The summed E-state index contributed by atoms with van der Waals surface area (Å²) in [5.41, 5.74) is 3.73. The van der Waals surface area contributed by atoms with Gasteiger partial charge in [0.1, 0.15) is 54.0 Å². The Hall–Kier alpha value is -4.04. The maximum absolute atomic E-state index is 10.9. The van der Waals surface area contributed by atoms with Gasteiger partial charge in [-0.2, -0.15) is 0 Å². The van der Waals surface area contributed by atoms with Crippen LogP contribution in [-0.2, 0) is 20.3 Å². The summed E-state index contributed by atoms with van der Waals surface area (Å²) in [5.74, 6) is 3.14. The van der Waals surface area contributed by atoms with Gasteiger partial charge in [0.25, 0.3) is 0 Å². The minimum Gasteiger partial charge on any atom is -0.491 e. The van der Waals surface area contributed by atoms with Crippen LogP contribution < -0.4 is 18.9 Å². The maximum Gasteiger partial charge on any atom is 0.223 e. The van der Waals surface area contributed by atoms with Gasteiger partial charge < -0.3 is 33.5 Å². The Morgan fingerprint density at radius 3 is 1.51 bits per heavy atom. The number of aliphatic hydroxyl groups excluding tert-OH is 1. The van der Waals surface area contributed by atoms with Gasteiger partial charge in [-0.15, -0.1) is 0 Å². The molecule has 4 unspecified atom stereocenters. The zero-order valence-electron chi connectivity index (χ0n) is 29.8. The molecule has 2 fully saturated rings. The molecule has 7 heteroatoms. The van der Waals surface area contributed by atoms with Gasteiger partial charge >= 0.3 is 0 Å². The van der Waals surface area contributed by atoms with E-state index in [2.05, 4.69) is 76.2 Å². The van der Waals surface area contributed by atoms with E-state index in [1.165, 1.54) is 22.3 Å². The summed E-state index contributed by atoms with van der Waals surface area (Å²) in [4.78, 5) is 0. The summed E-state index contributed by atoms with van der Waals surface area (Å²) in [5, 5.41) is 10.9. The second-order valence-electron chi connectivity index (χ2n) is 15.0. The first-order chi connectivity index (χ1) is 23.3. The van der Waals surface area contributed by atoms with Gasteiger partial charge in [0.15, 0.2) is 0 Å². The molecule has 4 atom stereocenters. The van der Waals surface area contributed by atoms with Crippen LogP contribution in [0.15, 0.2) is 97.1 Å². The van der Waals surface area contributed by atoms with Crippen molar-refractivity contribution in [1.29, 1.82) is 0 Å². The Morgan fingerprint density at radius 2 is 1.06 bits per heavy atom. The summed E-state index contributed by atoms with van der Waals surface area (Å²) in [6, 6.07) is 32.8. The smallest absolute Gasteiger partial charge is 0.223 e. The molecule has 1 N–H and O–H groups in total. The van der Waals surface area contributed by atoms with E-state index in [1.807, 2.05) is 69.3 Å². The fourth-order valence-corrected chi connectivity index (χ4v) is 6.20. The zero-order chi connectivity index (χ0) is 34.8. The predicted octanol–water partition coefficient (Wildman–Crippen LogP) is 8.23. The second kappa shape index (κ2) is 14.1. The molecular weight excluding hydrogens is 616 g/mol. The average Bonchev–Trinajstić information content (AvgIpc) is 4.00. The Balaban J connectivity index is 0.978. The topological polar surface area (TPSA) is 82.2 Å². The molecule has 49 heavy (non-hydrogen) atoms. The highest BCUT2D eigenvalue weighted by Crippen LogP contribution is 2.36. The van der Waals surface area contributed by atoms with E-state index < -0.39 is 11.7 Å². The van der Waals surface area contributed by atoms with Gasteiger partial charge in [-0.3, -0.25) is 0 Å². The number of benzene rings is 4. The first-order valence-electron chi connectivity index (χ1n) is 17.3. The van der Waals surface area contributed by atoms with Gasteiger partial charge in [-0.25, -0.2) is 0 Å². The van der Waals surface area contributed by atoms with Gasteiger partial charge in [0.05, 0.1) is 12.7 Å². The molecular formula is C42H50O7. The number of hydrogen-bond acceptors (Lipinski definition) is 7. The molecule has 7 nitrogen and oxygen atoms in total. The number of hydrogen-bond donors (Lipinski definition) is 1. The Bertz CT molecular complexity index is 1650. The Morgan fingerprint density at radius 1 is 0.633 bits per heavy atom. The second-order valence-corrected chi connectivity index (χ2v) is 15.0. The lowest BCUT2D eigenvalue weighted by molar-refractivity contribution is 0.0175. The molecule has 4 aromatic rings. The molecule has 6 rings (SSSR count). The van der Waals surface area contributed by atoms with E-state index in [9.17, 15) is 5.11 Å². The molecule has 2 heterocycles. The van der Waals surface area contributed by atoms with Crippen LogP contribution in [0.25, 0.3) is 0 Å². The van der Waals surface area contributed by atoms with E-state index in [4.69, 9.17) is 28.4 Å². The van der Waals surface area contributed by atoms with E-state index in [1.54, 1.807) is 0 Å². The molecule has 0 aliphatic carbocycles. The van der Waals surface area contributed by atoms with Gasteiger partial charge in [-0.05, 0) is 91.6 Å². The third kappa shape index (κ3) is 8.96. The molecule has 260 valence electrons. The highest BCUT2D eigenvalue weighted by atomic mass is 16.8. The van der Waals surface area contributed by atoms with Crippen LogP contribution in [0.1, 0.15) is 77.1 Å². The number of epoxide rings is 2. The molecule has 2 aliphatic rings. The van der Waals surface area contributed by atoms with Crippen LogP contribution in [0.3, 0.4) is 0 Å². The van der Waals surface area contributed by atoms with Crippen molar-refractivity contribution in [2.45, 2.75) is 95.9 Å². The lowest BCUT2D eigenvalue weighted by Gasteiger charge is -2.30. The summed E-state index contributed by atoms with van der Waals surface area (Å²) in [6.07, 6.45) is -0.124. The maximum atomic E-state index is 10.9. The Kier molecular flexibility index (Phi) is 9.99. The molecule has 2 saturated heterocycles. The summed E-state index contributed by atoms with van der Waals surface area (Å²) in [6.45, 7) is 16.5. The van der Waals surface area contributed by atoms with Crippen molar-refractivity contribution in [2.24, 2.45) is 0 Å². The number of aliphatic hydroxyl groups is 1. The molecule has 0 spiro atoms. The first-order valence-corrected chi connectivity index (χ1v) is 17.3. The third-order valence-electron chi connectivity index (χ3n) is 9.64. The molecule has 0 saturated carbocycles. The van der Waals surface area contributed by atoms with Crippen LogP contribution in [0.2, 0.25) is 0 Å². The van der Waals surface area contributed by atoms with Crippen molar-refractivity contribution in [3.63, 3.8) is 0 Å². The predicted molar refractivity (Wildman–Crippen MR) is 191 cm³/mol. The third-order valence-corrected chi connectivity index (χ3v) is 9.64. The SMILES string of the molecule is CC(Oc1ccc(C(C)(C)c2ccc(OCC(O)CC(C)(C)Oc3ccc(C(C)(C)c4ccc(OC5CO5)cc4)cc3)cc2)cc1)C1CO1. The highest BCUT2D eigenvalue weighted by molar-refractivity contribution is 5.43. The lowest BCUT2D eigenvalue weighted by Crippen LogP contribution is -2.35. The first kappa shape index (κ1) is 34.8. The zero-order valence-corrected chi connectivity index (χ0v) is 29.8. The van der Waals surface area contributed by atoms with Crippen molar-refractivity contribution >= 4 is 0 Å². The molecule has 2 aliphatic heterocycles.